The molecule has 0 unspecified atom stereocenters. The summed E-state index contributed by atoms with van der Waals surface area (Å²) in [7, 11) is 3.17. The molecule has 1 aromatic rings. The van der Waals surface area contributed by atoms with Gasteiger partial charge in [0.1, 0.15) is 12.6 Å². The first-order valence-electron chi connectivity index (χ1n) is 9.68. The Morgan fingerprint density at radius 1 is 1.34 bits per heavy atom. The molecule has 0 spiro atoms. The van der Waals surface area contributed by atoms with Crippen molar-refractivity contribution in [1.82, 2.24) is 15.1 Å². The highest BCUT2D eigenvalue weighted by Gasteiger charge is 2.35. The first-order chi connectivity index (χ1) is 13.9. The van der Waals surface area contributed by atoms with Crippen LogP contribution in [-0.2, 0) is 20.8 Å². The van der Waals surface area contributed by atoms with Crippen molar-refractivity contribution < 1.29 is 19.5 Å². The molecule has 0 radical (unpaired) electrons. The standard InChI is InChI=1S/C22H29N3O4/c1-4-16-9-11-17(12-10-16)14-19(22(29)24(3)15-20(26)27)25-13-7-5-6-8-18(23-2)21(25)28/h4-6,9-12,18-19,23H,1,7-8,13-15H2,2-3H3,(H,26,27)/b6-5-/t18-,19-/m0/s1. The van der Waals surface area contributed by atoms with Crippen LogP contribution in [0.1, 0.15) is 24.0 Å². The fourth-order valence-electron chi connectivity index (χ4n) is 3.40. The highest BCUT2D eigenvalue weighted by Crippen LogP contribution is 2.17. The van der Waals surface area contributed by atoms with Crippen LogP contribution in [-0.4, -0.2) is 72.0 Å². The number of rotatable bonds is 8. The highest BCUT2D eigenvalue weighted by molar-refractivity contribution is 5.91. The molecule has 0 aliphatic carbocycles. The molecule has 2 amide bonds. The summed E-state index contributed by atoms with van der Waals surface area (Å²) in [6, 6.07) is 6.41. The molecule has 2 atom stereocenters. The van der Waals surface area contributed by atoms with Crippen molar-refractivity contribution in [3.05, 3.63) is 54.1 Å². The summed E-state index contributed by atoms with van der Waals surface area (Å²) in [5.74, 6) is -1.63. The molecule has 0 fully saturated rings. The lowest BCUT2D eigenvalue weighted by Gasteiger charge is -2.36. The van der Waals surface area contributed by atoms with Gasteiger partial charge in [0.25, 0.3) is 0 Å². The molecule has 7 nitrogen and oxygen atoms in total. The maximum absolute atomic E-state index is 13.2. The molecule has 7 heteroatoms. The van der Waals surface area contributed by atoms with Crippen molar-refractivity contribution in [3.63, 3.8) is 0 Å². The quantitative estimate of drug-likeness (QED) is 0.648. The smallest absolute Gasteiger partial charge is 0.323 e. The number of hydrogen-bond acceptors (Lipinski definition) is 4. The molecule has 1 aliphatic heterocycles. The third kappa shape index (κ3) is 6.02. The van der Waals surface area contributed by atoms with Crippen molar-refractivity contribution in [2.24, 2.45) is 0 Å². The summed E-state index contributed by atoms with van der Waals surface area (Å²) < 4.78 is 0. The molecule has 0 bridgehead atoms. The van der Waals surface area contributed by atoms with Gasteiger partial charge in [-0.1, -0.05) is 49.1 Å². The summed E-state index contributed by atoms with van der Waals surface area (Å²) in [5.41, 5.74) is 1.85. The van der Waals surface area contributed by atoms with Crippen LogP contribution in [0.15, 0.2) is 43.0 Å². The van der Waals surface area contributed by atoms with E-state index in [1.165, 1.54) is 11.9 Å². The fraction of sp³-hybridized carbons (Fsp3) is 0.409. The first kappa shape index (κ1) is 22.4. The molecule has 2 rings (SSSR count). The second-order valence-electron chi connectivity index (χ2n) is 7.12. The molecule has 0 saturated heterocycles. The summed E-state index contributed by atoms with van der Waals surface area (Å²) in [6.07, 6.45) is 7.21. The second-order valence-corrected chi connectivity index (χ2v) is 7.12. The summed E-state index contributed by atoms with van der Waals surface area (Å²) in [6.45, 7) is 3.72. The van der Waals surface area contributed by atoms with Crippen molar-refractivity contribution >= 4 is 23.9 Å². The van der Waals surface area contributed by atoms with Crippen LogP contribution in [0.2, 0.25) is 0 Å². The van der Waals surface area contributed by atoms with E-state index >= 15 is 0 Å². The average molecular weight is 399 g/mol. The Hall–Kier alpha value is -2.93. The van der Waals surface area contributed by atoms with E-state index in [0.717, 1.165) is 11.1 Å². The Bertz CT molecular complexity index is 773. The van der Waals surface area contributed by atoms with E-state index < -0.39 is 24.6 Å². The summed E-state index contributed by atoms with van der Waals surface area (Å²) >= 11 is 0. The molecule has 156 valence electrons. The van der Waals surface area contributed by atoms with Crippen LogP contribution < -0.4 is 5.32 Å². The van der Waals surface area contributed by atoms with Crippen LogP contribution in [0.3, 0.4) is 0 Å². The van der Waals surface area contributed by atoms with E-state index in [1.54, 1.807) is 18.0 Å². The van der Waals surface area contributed by atoms with Crippen LogP contribution >= 0.6 is 0 Å². The monoisotopic (exact) mass is 399 g/mol. The van der Waals surface area contributed by atoms with Crippen LogP contribution in [0.5, 0.6) is 0 Å². The van der Waals surface area contributed by atoms with Crippen LogP contribution in [0.4, 0.5) is 0 Å². The van der Waals surface area contributed by atoms with Gasteiger partial charge in [0.2, 0.25) is 11.8 Å². The molecular formula is C22H29N3O4. The van der Waals surface area contributed by atoms with Gasteiger partial charge in [-0.3, -0.25) is 14.4 Å². The molecule has 1 heterocycles. The number of benzene rings is 1. The molecule has 2 N–H and O–H groups in total. The maximum Gasteiger partial charge on any atom is 0.323 e. The number of aliphatic carboxylic acids is 1. The fourth-order valence-corrected chi connectivity index (χ4v) is 3.40. The molecule has 0 saturated carbocycles. The Kier molecular flexibility index (Phi) is 8.15. The van der Waals surface area contributed by atoms with Crippen molar-refractivity contribution in [2.75, 3.05) is 27.2 Å². The van der Waals surface area contributed by atoms with Crippen LogP contribution in [0, 0.1) is 0 Å². The van der Waals surface area contributed by atoms with Gasteiger partial charge in [-0.25, -0.2) is 0 Å². The van der Waals surface area contributed by atoms with Crippen molar-refractivity contribution in [1.29, 1.82) is 0 Å². The molecule has 1 aliphatic rings. The Labute approximate surface area is 171 Å². The lowest BCUT2D eigenvalue weighted by molar-refractivity contribution is -0.149. The number of nitrogens with zero attached hydrogens (tertiary/aromatic N) is 2. The Morgan fingerprint density at radius 2 is 2.03 bits per heavy atom. The van der Waals surface area contributed by atoms with Crippen molar-refractivity contribution in [3.8, 4) is 0 Å². The minimum Gasteiger partial charge on any atom is -0.480 e. The zero-order valence-electron chi connectivity index (χ0n) is 17.0. The van der Waals surface area contributed by atoms with Gasteiger partial charge < -0.3 is 20.2 Å². The number of hydrogen-bond donors (Lipinski definition) is 2. The average Bonchev–Trinajstić information content (AvgIpc) is 2.69. The van der Waals surface area contributed by atoms with Gasteiger partial charge in [0, 0.05) is 20.0 Å². The van der Waals surface area contributed by atoms with Gasteiger partial charge in [-0.15, -0.1) is 0 Å². The minimum atomic E-state index is -1.09. The van der Waals surface area contributed by atoms with E-state index in [0.29, 0.717) is 25.8 Å². The predicted molar refractivity (Wildman–Crippen MR) is 112 cm³/mol. The zero-order chi connectivity index (χ0) is 21.4. The highest BCUT2D eigenvalue weighted by atomic mass is 16.4. The van der Waals surface area contributed by atoms with Gasteiger partial charge in [-0.05, 0) is 31.0 Å². The number of carbonyl (C=O) groups is 3. The van der Waals surface area contributed by atoms with Gasteiger partial charge in [0.15, 0.2) is 0 Å². The van der Waals surface area contributed by atoms with Crippen LogP contribution in [0.25, 0.3) is 6.08 Å². The minimum absolute atomic E-state index is 0.151. The number of likely N-dealkylation sites (N-methyl/N-ethyl adjacent to an activating group) is 2. The lowest BCUT2D eigenvalue weighted by atomic mass is 9.99. The predicted octanol–water partition coefficient (Wildman–Crippen LogP) is 1.55. The van der Waals surface area contributed by atoms with Gasteiger partial charge in [0.05, 0.1) is 6.04 Å². The number of carbonyl (C=O) groups excluding carboxylic acids is 2. The van der Waals surface area contributed by atoms with E-state index in [-0.39, 0.29) is 11.8 Å². The van der Waals surface area contributed by atoms with Gasteiger partial charge in [-0.2, -0.15) is 0 Å². The van der Waals surface area contributed by atoms with Crippen molar-refractivity contribution in [2.45, 2.75) is 31.3 Å². The topological polar surface area (TPSA) is 89.9 Å². The maximum atomic E-state index is 13.2. The number of amides is 2. The summed E-state index contributed by atoms with van der Waals surface area (Å²) in [5, 5.41) is 12.1. The first-order valence-corrected chi connectivity index (χ1v) is 9.68. The largest absolute Gasteiger partial charge is 0.480 e. The van der Waals surface area contributed by atoms with E-state index in [9.17, 15) is 14.4 Å². The van der Waals surface area contributed by atoms with Gasteiger partial charge >= 0.3 is 5.97 Å². The SMILES string of the molecule is C=Cc1ccc(C[C@@H](C(=O)N(C)CC(=O)O)N2CC/C=C\C[C@H](NC)C2=O)cc1. The van der Waals surface area contributed by atoms with E-state index in [4.69, 9.17) is 5.11 Å². The molecule has 29 heavy (non-hydrogen) atoms. The number of carboxylic acids is 1. The summed E-state index contributed by atoms with van der Waals surface area (Å²) in [4.78, 5) is 40.2. The second kappa shape index (κ2) is 10.6. The Balaban J connectivity index is 2.36. The Morgan fingerprint density at radius 3 is 2.62 bits per heavy atom. The normalized spacial score (nSPS) is 19.0. The van der Waals surface area contributed by atoms with E-state index in [2.05, 4.69) is 11.9 Å². The van der Waals surface area contributed by atoms with E-state index in [1.807, 2.05) is 36.4 Å². The lowest BCUT2D eigenvalue weighted by Crippen LogP contribution is -2.56. The molecule has 1 aromatic carbocycles. The molecule has 0 aromatic heterocycles. The third-order valence-corrected chi connectivity index (χ3v) is 5.06. The number of carboxylic acid groups (broad SMARTS) is 1. The molecular weight excluding hydrogens is 370 g/mol. The number of nitrogens with one attached hydrogen (secondary N) is 1. The third-order valence-electron chi connectivity index (χ3n) is 5.06. The zero-order valence-corrected chi connectivity index (χ0v) is 17.0.